The molecule has 1 N–H and O–H groups in total. The number of halogens is 3. The van der Waals surface area contributed by atoms with Crippen molar-refractivity contribution in [2.75, 3.05) is 7.11 Å². The Morgan fingerprint density at radius 1 is 1.29 bits per heavy atom. The first-order valence-corrected chi connectivity index (χ1v) is 7.10. The van der Waals surface area contributed by atoms with E-state index in [0.29, 0.717) is 0 Å². The predicted molar refractivity (Wildman–Crippen MR) is 74.0 cm³/mol. The Balaban J connectivity index is 2.22. The number of rotatable bonds is 2. The largest absolute Gasteiger partial charge is 0.509 e. The average Bonchev–Trinajstić information content (AvgIpc) is 2.68. The highest BCUT2D eigenvalue weighted by Crippen LogP contribution is 2.39. The van der Waals surface area contributed by atoms with Crippen molar-refractivity contribution in [3.63, 3.8) is 0 Å². The lowest BCUT2D eigenvalue weighted by molar-refractivity contribution is -0.287. The summed E-state index contributed by atoms with van der Waals surface area (Å²) >= 11 is 16.7. The number of fused-ring (bicyclic) bond motifs is 1. The molecule has 0 amide bonds. The van der Waals surface area contributed by atoms with Crippen LogP contribution < -0.4 is 0 Å². The van der Waals surface area contributed by atoms with E-state index in [0.717, 1.165) is 0 Å². The van der Waals surface area contributed by atoms with Crippen LogP contribution in [0, 0.1) is 5.41 Å². The van der Waals surface area contributed by atoms with E-state index in [1.165, 1.54) is 7.11 Å². The van der Waals surface area contributed by atoms with Crippen LogP contribution in [0.15, 0.2) is 0 Å². The Morgan fingerprint density at radius 2 is 1.86 bits per heavy atom. The monoisotopic (exact) mass is 361 g/mol. The molecule has 7 nitrogen and oxygen atoms in total. The lowest BCUT2D eigenvalue weighted by Gasteiger charge is -2.45. The van der Waals surface area contributed by atoms with Crippen LogP contribution in [0.3, 0.4) is 0 Å². The van der Waals surface area contributed by atoms with Gasteiger partial charge in [0.05, 0.1) is 5.60 Å². The zero-order valence-electron chi connectivity index (χ0n) is 11.4. The van der Waals surface area contributed by atoms with Crippen molar-refractivity contribution in [2.24, 2.45) is 0 Å². The Labute approximate surface area is 136 Å². The van der Waals surface area contributed by atoms with E-state index in [4.69, 9.17) is 63.9 Å². The first-order valence-electron chi connectivity index (χ1n) is 5.96. The number of carbonyl (C=O) groups excluding carboxylic acids is 1. The summed E-state index contributed by atoms with van der Waals surface area (Å²) in [6.45, 7) is 3.44. The van der Waals surface area contributed by atoms with Crippen molar-refractivity contribution in [3.05, 3.63) is 0 Å². The quantitative estimate of drug-likeness (QED) is 0.351. The van der Waals surface area contributed by atoms with Gasteiger partial charge in [0, 0.05) is 7.11 Å². The molecule has 0 spiro atoms. The molecular weight excluding hydrogens is 348 g/mol. The van der Waals surface area contributed by atoms with E-state index in [-0.39, 0.29) is 0 Å². The molecule has 0 saturated carbocycles. The smallest absolute Gasteiger partial charge is 0.444 e. The summed E-state index contributed by atoms with van der Waals surface area (Å²) in [4.78, 5) is 11.4. The van der Waals surface area contributed by atoms with Crippen LogP contribution in [0.5, 0.6) is 0 Å². The molecule has 0 bridgehead atoms. The van der Waals surface area contributed by atoms with Crippen molar-refractivity contribution < 1.29 is 28.5 Å². The van der Waals surface area contributed by atoms with Gasteiger partial charge in [-0.25, -0.2) is 4.79 Å². The van der Waals surface area contributed by atoms with Crippen molar-refractivity contribution in [3.8, 4) is 0 Å². The maximum absolute atomic E-state index is 11.4. The number of hydrogen-bond donors (Lipinski definition) is 1. The van der Waals surface area contributed by atoms with Gasteiger partial charge < -0.3 is 23.7 Å². The van der Waals surface area contributed by atoms with E-state index in [1.54, 1.807) is 13.8 Å². The normalized spacial score (nSPS) is 34.7. The molecular formula is C11H14Cl3NO6. The molecule has 10 heteroatoms. The second-order valence-corrected chi connectivity index (χ2v) is 7.39. The third-order valence-corrected chi connectivity index (χ3v) is 3.72. The van der Waals surface area contributed by atoms with Gasteiger partial charge in [0.25, 0.3) is 3.79 Å². The molecule has 1 unspecified atom stereocenters. The number of carbonyl (C=O) groups is 1. The van der Waals surface area contributed by atoms with Crippen LogP contribution in [0.25, 0.3) is 0 Å². The standard InChI is InChI=1S/C11H14Cl3NO6/c1-10(2)6(17-3)4-5(19-9(16)18-4)7(21-10)20-8(15)11(12,13)14/h4-7,15H,1-3H3/t4-,5+,6+,7?/m0/s1. The topological polar surface area (TPSA) is 87.1 Å². The van der Waals surface area contributed by atoms with Crippen molar-refractivity contribution in [2.45, 2.75) is 47.8 Å². The highest BCUT2D eigenvalue weighted by Gasteiger charge is 2.59. The molecule has 0 aromatic carbocycles. The van der Waals surface area contributed by atoms with Gasteiger partial charge in [0.2, 0.25) is 18.3 Å². The molecule has 2 saturated heterocycles. The second-order valence-electron chi connectivity index (χ2n) is 5.11. The first kappa shape index (κ1) is 16.9. The number of alkyl halides is 3. The maximum atomic E-state index is 11.4. The number of hydrogen-bond acceptors (Lipinski definition) is 7. The van der Waals surface area contributed by atoms with Crippen LogP contribution in [0.4, 0.5) is 4.79 Å². The minimum atomic E-state index is -2.05. The van der Waals surface area contributed by atoms with E-state index >= 15 is 0 Å². The van der Waals surface area contributed by atoms with E-state index in [2.05, 4.69) is 0 Å². The van der Waals surface area contributed by atoms with Crippen LogP contribution in [-0.2, 0) is 23.7 Å². The summed E-state index contributed by atoms with van der Waals surface area (Å²) in [6.07, 6.45) is -4.27. The zero-order chi connectivity index (χ0) is 16.0. The van der Waals surface area contributed by atoms with Crippen molar-refractivity contribution in [1.82, 2.24) is 0 Å². The summed E-state index contributed by atoms with van der Waals surface area (Å²) in [7, 11) is 1.46. The number of nitrogens with one attached hydrogen (secondary N) is 1. The first-order chi connectivity index (χ1) is 9.56. The Kier molecular flexibility index (Phi) is 4.52. The Bertz CT molecular complexity index is 452. The second kappa shape index (κ2) is 5.62. The fourth-order valence-corrected chi connectivity index (χ4v) is 2.48. The third kappa shape index (κ3) is 3.32. The van der Waals surface area contributed by atoms with Gasteiger partial charge in [-0.3, -0.25) is 5.41 Å². The molecule has 2 heterocycles. The van der Waals surface area contributed by atoms with Gasteiger partial charge in [-0.2, -0.15) is 0 Å². The van der Waals surface area contributed by atoms with E-state index < -0.39 is 46.0 Å². The molecule has 2 aliphatic heterocycles. The molecule has 0 radical (unpaired) electrons. The van der Waals surface area contributed by atoms with Gasteiger partial charge >= 0.3 is 6.16 Å². The highest BCUT2D eigenvalue weighted by atomic mass is 35.6. The lowest BCUT2D eigenvalue weighted by atomic mass is 9.89. The van der Waals surface area contributed by atoms with Crippen molar-refractivity contribution in [1.29, 1.82) is 5.41 Å². The molecule has 2 rings (SSSR count). The summed E-state index contributed by atoms with van der Waals surface area (Å²) in [5, 5.41) is 7.59. The molecule has 2 fully saturated rings. The summed E-state index contributed by atoms with van der Waals surface area (Å²) in [5.74, 6) is -0.647. The van der Waals surface area contributed by atoms with Crippen LogP contribution in [-0.4, -0.2) is 53.2 Å². The zero-order valence-corrected chi connectivity index (χ0v) is 13.7. The van der Waals surface area contributed by atoms with Gasteiger partial charge in [-0.15, -0.1) is 0 Å². The molecule has 21 heavy (non-hydrogen) atoms. The number of methoxy groups -OCH3 is 1. The van der Waals surface area contributed by atoms with Crippen LogP contribution in [0.1, 0.15) is 13.8 Å². The molecule has 120 valence electrons. The molecule has 4 atom stereocenters. The van der Waals surface area contributed by atoms with Gasteiger partial charge in [-0.05, 0) is 13.8 Å². The maximum Gasteiger partial charge on any atom is 0.509 e. The summed E-state index contributed by atoms with van der Waals surface area (Å²) in [5.41, 5.74) is -0.873. The minimum Gasteiger partial charge on any atom is -0.444 e. The van der Waals surface area contributed by atoms with Gasteiger partial charge in [0.15, 0.2) is 6.10 Å². The minimum absolute atomic E-state index is 0.573. The third-order valence-electron chi connectivity index (χ3n) is 3.21. The van der Waals surface area contributed by atoms with E-state index in [9.17, 15) is 4.79 Å². The molecule has 0 aliphatic carbocycles. The fourth-order valence-electron chi connectivity index (χ4n) is 2.35. The van der Waals surface area contributed by atoms with Crippen LogP contribution >= 0.6 is 34.8 Å². The summed E-state index contributed by atoms with van der Waals surface area (Å²) < 4.78 is 24.2. The van der Waals surface area contributed by atoms with E-state index in [1.807, 2.05) is 0 Å². The van der Waals surface area contributed by atoms with Gasteiger partial charge in [-0.1, -0.05) is 34.8 Å². The highest BCUT2D eigenvalue weighted by molar-refractivity contribution is 6.76. The molecule has 2 aliphatic rings. The molecule has 0 aromatic rings. The van der Waals surface area contributed by atoms with Gasteiger partial charge in [0.1, 0.15) is 6.10 Å². The Morgan fingerprint density at radius 3 is 2.38 bits per heavy atom. The lowest BCUT2D eigenvalue weighted by Crippen LogP contribution is -2.62. The Hall–Kier alpha value is -0.470. The number of ether oxygens (including phenoxy) is 5. The SMILES string of the molecule is CO[C@@H]1[C@H]2OC(=O)O[C@H]2C(OC(=N)C(Cl)(Cl)Cl)OC1(C)C. The predicted octanol–water partition coefficient (Wildman–Crippen LogP) is 2.40. The summed E-state index contributed by atoms with van der Waals surface area (Å²) in [6, 6.07) is 0. The fraction of sp³-hybridized carbons (Fsp3) is 0.818. The average molecular weight is 363 g/mol. The van der Waals surface area contributed by atoms with Crippen LogP contribution in [0.2, 0.25) is 0 Å². The van der Waals surface area contributed by atoms with Crippen molar-refractivity contribution >= 4 is 46.9 Å². The molecule has 0 aromatic heterocycles.